The minimum Gasteiger partial charge on any atom is -0.384 e. The minimum absolute atomic E-state index is 0.145. The van der Waals surface area contributed by atoms with Crippen LogP contribution in [0.4, 0.5) is 0 Å². The molecule has 0 saturated carbocycles. The van der Waals surface area contributed by atoms with Crippen molar-refractivity contribution < 1.29 is 19.8 Å². The van der Waals surface area contributed by atoms with Gasteiger partial charge < -0.3 is 30.0 Å². The van der Waals surface area contributed by atoms with Crippen LogP contribution in [0.15, 0.2) is 60.9 Å². The first kappa shape index (κ1) is 27.9. The summed E-state index contributed by atoms with van der Waals surface area (Å²) in [5.74, 6) is 0.966. The number of nitrogens with zero attached hydrogens (tertiary/aromatic N) is 4. The molecule has 6 rings (SSSR count). The minimum atomic E-state index is -1.02. The van der Waals surface area contributed by atoms with E-state index in [0.717, 1.165) is 71.0 Å². The molecule has 0 bridgehead atoms. The Morgan fingerprint density at radius 3 is 1.40 bits per heavy atom. The van der Waals surface area contributed by atoms with Gasteiger partial charge >= 0.3 is 0 Å². The topological polar surface area (TPSA) is 138 Å². The summed E-state index contributed by atoms with van der Waals surface area (Å²) in [6.45, 7) is 4.26. The Labute approximate surface area is 244 Å². The number of imidazole rings is 2. The molecular weight excluding hydrogens is 532 g/mol. The fourth-order valence-electron chi connectivity index (χ4n) is 6.10. The molecule has 2 aliphatic heterocycles. The van der Waals surface area contributed by atoms with E-state index in [0.29, 0.717) is 13.1 Å². The van der Waals surface area contributed by atoms with E-state index in [2.05, 4.69) is 68.5 Å². The number of H-pyrrole nitrogens is 2. The Balaban J connectivity index is 1.13. The van der Waals surface area contributed by atoms with Crippen molar-refractivity contribution in [1.82, 2.24) is 29.7 Å². The van der Waals surface area contributed by atoms with E-state index in [1.165, 1.54) is 13.8 Å². The Morgan fingerprint density at radius 2 is 1.05 bits per heavy atom. The molecule has 2 aromatic carbocycles. The molecule has 0 unspecified atom stereocenters. The highest BCUT2D eigenvalue weighted by molar-refractivity contribution is 5.81. The number of likely N-dealkylation sites (tertiary alicyclic amines) is 2. The normalized spacial score (nSPS) is 20.2. The summed E-state index contributed by atoms with van der Waals surface area (Å²) in [6.07, 6.45) is 4.98. The summed E-state index contributed by atoms with van der Waals surface area (Å²) in [5.41, 5.74) is 5.93. The van der Waals surface area contributed by atoms with Gasteiger partial charge in [-0.2, -0.15) is 0 Å². The van der Waals surface area contributed by atoms with E-state index in [-0.39, 0.29) is 23.9 Å². The first-order chi connectivity index (χ1) is 20.3. The lowest BCUT2D eigenvalue weighted by atomic mass is 10.0. The first-order valence-corrected chi connectivity index (χ1v) is 14.6. The molecule has 42 heavy (non-hydrogen) atoms. The molecule has 2 fully saturated rings. The average Bonchev–Trinajstić information content (AvgIpc) is 3.82. The predicted molar refractivity (Wildman–Crippen MR) is 158 cm³/mol. The van der Waals surface area contributed by atoms with Gasteiger partial charge in [0.2, 0.25) is 0 Å². The lowest BCUT2D eigenvalue weighted by Crippen LogP contribution is -2.37. The Morgan fingerprint density at radius 1 is 0.690 bits per heavy atom. The SMILES string of the molecule is C[C@H](O)C(=O)N1CCC[C@H]1c1ncc(-c2ccc(-c3ccc(-c4cnc([C@@H]5CCCN5C(=O)[C@H](C)O)[nH]4)cc3)cc2)[nH]1. The molecule has 4 aromatic rings. The summed E-state index contributed by atoms with van der Waals surface area (Å²) in [5, 5.41) is 19.5. The number of hydrogen-bond acceptors (Lipinski definition) is 6. The number of carbonyl (C=O) groups excluding carboxylic acids is 2. The number of aliphatic hydroxyl groups is 2. The van der Waals surface area contributed by atoms with Gasteiger partial charge in [0.05, 0.1) is 35.9 Å². The number of nitrogens with one attached hydrogen (secondary N) is 2. The average molecular weight is 569 g/mol. The number of aromatic amines is 2. The second kappa shape index (κ2) is 11.5. The molecule has 2 saturated heterocycles. The van der Waals surface area contributed by atoms with Crippen LogP contribution in [0.3, 0.4) is 0 Å². The fourth-order valence-corrected chi connectivity index (χ4v) is 6.10. The molecule has 0 aliphatic carbocycles. The highest BCUT2D eigenvalue weighted by atomic mass is 16.3. The van der Waals surface area contributed by atoms with Crippen LogP contribution in [0.2, 0.25) is 0 Å². The van der Waals surface area contributed by atoms with Gasteiger partial charge in [-0.3, -0.25) is 9.59 Å². The van der Waals surface area contributed by atoms with Crippen molar-refractivity contribution in [3.63, 3.8) is 0 Å². The lowest BCUT2D eigenvalue weighted by Gasteiger charge is -2.24. The number of aromatic nitrogens is 4. The third kappa shape index (κ3) is 5.35. The summed E-state index contributed by atoms with van der Waals surface area (Å²) >= 11 is 0. The smallest absolute Gasteiger partial charge is 0.251 e. The van der Waals surface area contributed by atoms with Gasteiger partial charge in [-0.1, -0.05) is 48.5 Å². The maximum atomic E-state index is 12.4. The van der Waals surface area contributed by atoms with Gasteiger partial charge in [-0.15, -0.1) is 0 Å². The number of aliphatic hydroxyl groups excluding tert-OH is 2. The number of carbonyl (C=O) groups is 2. The van der Waals surface area contributed by atoms with Crippen LogP contribution in [0.25, 0.3) is 33.6 Å². The Bertz CT molecular complexity index is 1440. The van der Waals surface area contributed by atoms with Crippen LogP contribution in [0.1, 0.15) is 63.3 Å². The summed E-state index contributed by atoms with van der Waals surface area (Å²) < 4.78 is 0. The molecule has 2 aromatic heterocycles. The molecule has 0 radical (unpaired) electrons. The van der Waals surface area contributed by atoms with Crippen molar-refractivity contribution in [3.05, 3.63) is 72.6 Å². The standard InChI is InChI=1S/C32H36N6O4/c1-19(39)31(41)37-15-3-5-27(37)29-33-17-25(35-29)23-11-7-21(8-12-23)22-9-13-24(14-10-22)26-18-34-30(36-26)28-6-4-16-38(28)32(42)20(2)40/h7-14,17-20,27-28,39-40H,3-6,15-16H2,1-2H3,(H,33,35)(H,34,36)/t19-,20-,27-,28-/m0/s1. The van der Waals surface area contributed by atoms with E-state index in [1.54, 1.807) is 22.2 Å². The van der Waals surface area contributed by atoms with E-state index < -0.39 is 12.2 Å². The molecule has 2 amide bonds. The predicted octanol–water partition coefficient (Wildman–Crippen LogP) is 4.22. The van der Waals surface area contributed by atoms with Gasteiger partial charge in [0.1, 0.15) is 23.9 Å². The van der Waals surface area contributed by atoms with Crippen molar-refractivity contribution >= 4 is 11.8 Å². The molecule has 10 nitrogen and oxygen atoms in total. The second-order valence-corrected chi connectivity index (χ2v) is 11.3. The van der Waals surface area contributed by atoms with Crippen LogP contribution in [0.5, 0.6) is 0 Å². The molecule has 0 spiro atoms. The summed E-state index contributed by atoms with van der Waals surface area (Å²) in [7, 11) is 0. The molecule has 4 atom stereocenters. The molecule has 4 N–H and O–H groups in total. The molecule has 2 aliphatic rings. The number of benzene rings is 2. The van der Waals surface area contributed by atoms with E-state index >= 15 is 0 Å². The second-order valence-electron chi connectivity index (χ2n) is 11.3. The van der Waals surface area contributed by atoms with Crippen LogP contribution in [-0.4, -0.2) is 77.1 Å². The van der Waals surface area contributed by atoms with Gasteiger partial charge in [0.15, 0.2) is 0 Å². The number of amides is 2. The zero-order valence-electron chi connectivity index (χ0n) is 23.8. The van der Waals surface area contributed by atoms with Crippen LogP contribution in [0, 0.1) is 0 Å². The monoisotopic (exact) mass is 568 g/mol. The molecular formula is C32H36N6O4. The number of hydrogen-bond donors (Lipinski definition) is 4. The molecule has 10 heteroatoms. The highest BCUT2D eigenvalue weighted by Gasteiger charge is 2.34. The van der Waals surface area contributed by atoms with Crippen molar-refractivity contribution in [3.8, 4) is 33.6 Å². The van der Waals surface area contributed by atoms with E-state index in [9.17, 15) is 19.8 Å². The zero-order valence-corrected chi connectivity index (χ0v) is 23.8. The zero-order chi connectivity index (χ0) is 29.4. The summed E-state index contributed by atoms with van der Waals surface area (Å²) in [6, 6.07) is 16.2. The van der Waals surface area contributed by atoms with Crippen molar-refractivity contribution in [2.75, 3.05) is 13.1 Å². The maximum absolute atomic E-state index is 12.4. The van der Waals surface area contributed by atoms with Gasteiger partial charge in [-0.25, -0.2) is 9.97 Å². The Hall–Kier alpha value is -4.28. The van der Waals surface area contributed by atoms with Crippen molar-refractivity contribution in [1.29, 1.82) is 0 Å². The van der Waals surface area contributed by atoms with E-state index in [1.807, 2.05) is 0 Å². The molecule has 218 valence electrons. The van der Waals surface area contributed by atoms with Gasteiger partial charge in [0.25, 0.3) is 11.8 Å². The largest absolute Gasteiger partial charge is 0.384 e. The summed E-state index contributed by atoms with van der Waals surface area (Å²) in [4.78, 5) is 44.1. The van der Waals surface area contributed by atoms with Gasteiger partial charge in [0, 0.05) is 13.1 Å². The van der Waals surface area contributed by atoms with E-state index in [4.69, 9.17) is 0 Å². The van der Waals surface area contributed by atoms with Crippen LogP contribution in [-0.2, 0) is 9.59 Å². The lowest BCUT2D eigenvalue weighted by molar-refractivity contribution is -0.140. The van der Waals surface area contributed by atoms with Gasteiger partial charge in [-0.05, 0) is 61.8 Å². The van der Waals surface area contributed by atoms with Crippen LogP contribution < -0.4 is 0 Å². The number of rotatable bonds is 7. The maximum Gasteiger partial charge on any atom is 0.251 e. The fraction of sp³-hybridized carbons (Fsp3) is 0.375. The molecule has 4 heterocycles. The van der Waals surface area contributed by atoms with Crippen LogP contribution >= 0.6 is 0 Å². The first-order valence-electron chi connectivity index (χ1n) is 14.6. The van der Waals surface area contributed by atoms with Crippen molar-refractivity contribution in [2.24, 2.45) is 0 Å². The van der Waals surface area contributed by atoms with Crippen molar-refractivity contribution in [2.45, 2.75) is 63.8 Å². The third-order valence-electron chi connectivity index (χ3n) is 8.33. The Kier molecular flexibility index (Phi) is 7.66. The highest BCUT2D eigenvalue weighted by Crippen LogP contribution is 2.34. The third-order valence-corrected chi connectivity index (χ3v) is 8.33. The quantitative estimate of drug-likeness (QED) is 0.263.